The molecule has 5 heteroatoms. The normalized spacial score (nSPS) is 10.8. The summed E-state index contributed by atoms with van der Waals surface area (Å²) >= 11 is 1.42. The molecule has 1 heterocycles. The zero-order valence-corrected chi connectivity index (χ0v) is 16.0. The third-order valence-corrected chi connectivity index (χ3v) is 4.53. The summed E-state index contributed by atoms with van der Waals surface area (Å²) in [4.78, 5) is 16.9. The molecule has 0 radical (unpaired) electrons. The lowest BCUT2D eigenvalue weighted by molar-refractivity contribution is 0.102. The monoisotopic (exact) mass is 366 g/mol. The van der Waals surface area contributed by atoms with Gasteiger partial charge in [-0.05, 0) is 37.1 Å². The van der Waals surface area contributed by atoms with Crippen LogP contribution in [0.3, 0.4) is 0 Å². The Morgan fingerprint density at radius 2 is 1.81 bits per heavy atom. The van der Waals surface area contributed by atoms with Crippen LogP contribution in [0.4, 0.5) is 5.13 Å². The van der Waals surface area contributed by atoms with E-state index in [1.807, 2.05) is 29.6 Å². The smallest absolute Gasteiger partial charge is 0.257 e. The number of ether oxygens (including phenoxy) is 1. The zero-order valence-electron chi connectivity index (χ0n) is 15.2. The van der Waals surface area contributed by atoms with E-state index < -0.39 is 0 Å². The van der Waals surface area contributed by atoms with Gasteiger partial charge >= 0.3 is 0 Å². The third kappa shape index (κ3) is 4.70. The number of hydrogen-bond donors (Lipinski definition) is 1. The summed E-state index contributed by atoms with van der Waals surface area (Å²) in [5, 5.41) is 5.39. The summed E-state index contributed by atoms with van der Waals surface area (Å²) in [7, 11) is 0. The van der Waals surface area contributed by atoms with Crippen molar-refractivity contribution in [3.63, 3.8) is 0 Å². The van der Waals surface area contributed by atoms with Gasteiger partial charge in [-0.2, -0.15) is 0 Å². The first-order chi connectivity index (χ1) is 12.5. The number of rotatable bonds is 6. The average Bonchev–Trinajstić information content (AvgIpc) is 3.09. The van der Waals surface area contributed by atoms with Crippen molar-refractivity contribution in [1.82, 2.24) is 4.98 Å². The Morgan fingerprint density at radius 3 is 2.46 bits per heavy atom. The molecule has 1 aromatic heterocycles. The van der Waals surface area contributed by atoms with E-state index in [4.69, 9.17) is 4.74 Å². The molecule has 0 fully saturated rings. The van der Waals surface area contributed by atoms with Crippen LogP contribution >= 0.6 is 11.3 Å². The zero-order chi connectivity index (χ0) is 18.5. The van der Waals surface area contributed by atoms with Crippen LogP contribution in [0.1, 0.15) is 29.8 Å². The molecular weight excluding hydrogens is 344 g/mol. The summed E-state index contributed by atoms with van der Waals surface area (Å²) in [6.07, 6.45) is 0. The minimum Gasteiger partial charge on any atom is -0.493 e. The molecule has 3 aromatic rings. The van der Waals surface area contributed by atoms with Crippen LogP contribution in [0.2, 0.25) is 0 Å². The molecule has 0 bridgehead atoms. The summed E-state index contributed by atoms with van der Waals surface area (Å²) in [5.41, 5.74) is 3.69. The fourth-order valence-electron chi connectivity index (χ4n) is 2.32. The van der Waals surface area contributed by atoms with Crippen molar-refractivity contribution in [2.75, 3.05) is 11.9 Å². The first-order valence-electron chi connectivity index (χ1n) is 8.58. The Balaban J connectivity index is 1.64. The number of anilines is 1. The molecular formula is C21H22N2O2S. The van der Waals surface area contributed by atoms with Gasteiger partial charge in [-0.1, -0.05) is 43.7 Å². The Bertz CT molecular complexity index is 868. The van der Waals surface area contributed by atoms with E-state index >= 15 is 0 Å². The van der Waals surface area contributed by atoms with Crippen molar-refractivity contribution >= 4 is 22.4 Å². The van der Waals surface area contributed by atoms with Crippen molar-refractivity contribution in [3.8, 4) is 17.0 Å². The molecule has 1 N–H and O–H groups in total. The number of hydrogen-bond acceptors (Lipinski definition) is 4. The highest BCUT2D eigenvalue weighted by Gasteiger charge is 2.10. The maximum atomic E-state index is 12.4. The number of carbonyl (C=O) groups is 1. The second-order valence-corrected chi connectivity index (χ2v) is 7.45. The van der Waals surface area contributed by atoms with Crippen LogP contribution in [0.25, 0.3) is 11.3 Å². The number of nitrogens with zero attached hydrogens (tertiary/aromatic N) is 1. The molecule has 0 saturated heterocycles. The fourth-order valence-corrected chi connectivity index (χ4v) is 3.04. The molecule has 0 aliphatic carbocycles. The van der Waals surface area contributed by atoms with Crippen LogP contribution in [0.15, 0.2) is 53.9 Å². The molecule has 1 amide bonds. The van der Waals surface area contributed by atoms with E-state index in [1.165, 1.54) is 16.9 Å². The van der Waals surface area contributed by atoms with Crippen LogP contribution in [0, 0.1) is 12.8 Å². The van der Waals surface area contributed by atoms with Crippen LogP contribution in [0.5, 0.6) is 5.75 Å². The van der Waals surface area contributed by atoms with Crippen molar-refractivity contribution in [1.29, 1.82) is 0 Å². The fraction of sp³-hybridized carbons (Fsp3) is 0.238. The van der Waals surface area contributed by atoms with Crippen molar-refractivity contribution in [2.45, 2.75) is 20.8 Å². The van der Waals surface area contributed by atoms with Gasteiger partial charge in [0, 0.05) is 16.5 Å². The van der Waals surface area contributed by atoms with Gasteiger partial charge in [0.25, 0.3) is 5.91 Å². The van der Waals surface area contributed by atoms with Crippen molar-refractivity contribution in [2.24, 2.45) is 5.92 Å². The van der Waals surface area contributed by atoms with Gasteiger partial charge in [0.15, 0.2) is 5.13 Å². The number of aromatic nitrogens is 1. The predicted octanol–water partition coefficient (Wildman–Crippen LogP) is 5.41. The van der Waals surface area contributed by atoms with Gasteiger partial charge in [0.1, 0.15) is 5.75 Å². The Morgan fingerprint density at radius 1 is 1.12 bits per heavy atom. The maximum absolute atomic E-state index is 12.4. The number of carbonyl (C=O) groups excluding carboxylic acids is 1. The summed E-state index contributed by atoms with van der Waals surface area (Å²) < 4.78 is 5.64. The SMILES string of the molecule is Cc1ccc(-c2csc(NC(=O)c3ccc(OCC(C)C)cc3)n2)cc1. The van der Waals surface area contributed by atoms with Crippen molar-refractivity contribution < 1.29 is 9.53 Å². The highest BCUT2D eigenvalue weighted by Crippen LogP contribution is 2.25. The van der Waals surface area contributed by atoms with E-state index in [0.717, 1.165) is 17.0 Å². The Kier molecular flexibility index (Phi) is 5.68. The highest BCUT2D eigenvalue weighted by molar-refractivity contribution is 7.14. The van der Waals surface area contributed by atoms with Gasteiger partial charge < -0.3 is 4.74 Å². The molecule has 4 nitrogen and oxygen atoms in total. The minimum absolute atomic E-state index is 0.176. The quantitative estimate of drug-likeness (QED) is 0.635. The first kappa shape index (κ1) is 18.1. The molecule has 0 aliphatic heterocycles. The molecule has 26 heavy (non-hydrogen) atoms. The van der Waals surface area contributed by atoms with Gasteiger partial charge in [-0.25, -0.2) is 4.98 Å². The van der Waals surface area contributed by atoms with E-state index in [-0.39, 0.29) is 5.91 Å². The molecule has 134 valence electrons. The minimum atomic E-state index is -0.176. The summed E-state index contributed by atoms with van der Waals surface area (Å²) in [5.74, 6) is 1.06. The van der Waals surface area contributed by atoms with Gasteiger partial charge in [-0.3, -0.25) is 10.1 Å². The number of thiazole rings is 1. The number of amides is 1. The molecule has 0 atom stereocenters. The lowest BCUT2D eigenvalue weighted by Crippen LogP contribution is -2.11. The highest BCUT2D eigenvalue weighted by atomic mass is 32.1. The van der Waals surface area contributed by atoms with Gasteiger partial charge in [0.2, 0.25) is 0 Å². The standard InChI is InChI=1S/C21H22N2O2S/c1-14(2)12-25-18-10-8-17(9-11-18)20(24)23-21-22-19(13-26-21)16-6-4-15(3)5-7-16/h4-11,13-14H,12H2,1-3H3,(H,22,23,24). The van der Waals surface area contributed by atoms with Crippen molar-refractivity contribution in [3.05, 3.63) is 65.0 Å². The lowest BCUT2D eigenvalue weighted by Gasteiger charge is -2.09. The average molecular weight is 366 g/mol. The van der Waals surface area contributed by atoms with Crippen LogP contribution < -0.4 is 10.1 Å². The molecule has 0 unspecified atom stereocenters. The predicted molar refractivity (Wildman–Crippen MR) is 107 cm³/mol. The van der Waals surface area contributed by atoms with E-state index in [0.29, 0.717) is 23.2 Å². The van der Waals surface area contributed by atoms with Gasteiger partial charge in [0.05, 0.1) is 12.3 Å². The third-order valence-electron chi connectivity index (χ3n) is 3.77. The first-order valence-corrected chi connectivity index (χ1v) is 9.46. The Labute approximate surface area is 157 Å². The van der Waals surface area contributed by atoms with E-state index in [9.17, 15) is 4.79 Å². The van der Waals surface area contributed by atoms with Gasteiger partial charge in [-0.15, -0.1) is 11.3 Å². The molecule has 3 rings (SSSR count). The Hall–Kier alpha value is -2.66. The number of benzene rings is 2. The lowest BCUT2D eigenvalue weighted by atomic mass is 10.1. The van der Waals surface area contributed by atoms with E-state index in [1.54, 1.807) is 12.1 Å². The molecule has 2 aromatic carbocycles. The van der Waals surface area contributed by atoms with Crippen LogP contribution in [-0.2, 0) is 0 Å². The second-order valence-electron chi connectivity index (χ2n) is 6.59. The van der Waals surface area contributed by atoms with E-state index in [2.05, 4.69) is 43.2 Å². The molecule has 0 spiro atoms. The second kappa shape index (κ2) is 8.15. The summed E-state index contributed by atoms with van der Waals surface area (Å²) in [6.45, 7) is 6.91. The van der Waals surface area contributed by atoms with Crippen LogP contribution in [-0.4, -0.2) is 17.5 Å². The number of aryl methyl sites for hydroxylation is 1. The summed E-state index contributed by atoms with van der Waals surface area (Å²) in [6, 6.07) is 15.3. The molecule has 0 aliphatic rings. The maximum Gasteiger partial charge on any atom is 0.257 e. The number of nitrogens with one attached hydrogen (secondary N) is 1. The largest absolute Gasteiger partial charge is 0.493 e. The topological polar surface area (TPSA) is 51.2 Å². The molecule has 0 saturated carbocycles.